The molecule has 0 radical (unpaired) electrons. The molecule has 1 unspecified atom stereocenters. The van der Waals surface area contributed by atoms with Crippen LogP contribution in [0.4, 0.5) is 0 Å². The molecular weight excluding hydrogens is 406 g/mol. The lowest BCUT2D eigenvalue weighted by atomic mass is 9.85. The Hall–Kier alpha value is -1.97. The van der Waals surface area contributed by atoms with Gasteiger partial charge in [-0.05, 0) is 30.4 Å². The molecule has 1 aliphatic carbocycles. The minimum atomic E-state index is -4.13. The van der Waals surface area contributed by atoms with Crippen LogP contribution in [-0.4, -0.2) is 39.4 Å². The van der Waals surface area contributed by atoms with E-state index in [9.17, 15) is 18.0 Å². The molecule has 168 valence electrons. The summed E-state index contributed by atoms with van der Waals surface area (Å²) in [6.07, 6.45) is 7.66. The van der Waals surface area contributed by atoms with Gasteiger partial charge in [-0.3, -0.25) is 4.79 Å². The number of hydrogen-bond donors (Lipinski definition) is 3. The van der Waals surface area contributed by atoms with Crippen LogP contribution in [-0.2, 0) is 36.2 Å². The van der Waals surface area contributed by atoms with Gasteiger partial charge < -0.3 is 20.6 Å². The third-order valence-corrected chi connectivity index (χ3v) is 6.44. The van der Waals surface area contributed by atoms with Crippen LogP contribution in [0.5, 0.6) is 0 Å². The van der Waals surface area contributed by atoms with Gasteiger partial charge in [-0.15, -0.1) is 0 Å². The van der Waals surface area contributed by atoms with E-state index in [1.165, 1.54) is 32.1 Å². The predicted octanol–water partition coefficient (Wildman–Crippen LogP) is 1.58. The van der Waals surface area contributed by atoms with Crippen molar-refractivity contribution >= 4 is 22.0 Å². The Labute approximate surface area is 179 Å². The molecule has 0 aliphatic heterocycles. The zero-order chi connectivity index (χ0) is 22.0. The first-order valence-electron chi connectivity index (χ1n) is 10.5. The maximum Gasteiger partial charge on any atom is 0.341 e. The van der Waals surface area contributed by atoms with E-state index in [4.69, 9.17) is 5.73 Å². The average Bonchev–Trinajstić information content (AvgIpc) is 2.71. The molecule has 1 aromatic carbocycles. The number of amides is 1. The lowest BCUT2D eigenvalue weighted by Gasteiger charge is -2.25. The Morgan fingerprint density at radius 2 is 1.83 bits per heavy atom. The van der Waals surface area contributed by atoms with E-state index < -0.39 is 34.3 Å². The van der Waals surface area contributed by atoms with Crippen LogP contribution in [0.1, 0.15) is 56.6 Å². The molecule has 1 atom stereocenters. The van der Waals surface area contributed by atoms with Crippen molar-refractivity contribution in [1.29, 1.82) is 0 Å². The Morgan fingerprint density at radius 1 is 1.17 bits per heavy atom. The topological polar surface area (TPSA) is 128 Å². The third-order valence-electron chi connectivity index (χ3n) is 5.34. The van der Waals surface area contributed by atoms with Crippen LogP contribution in [0.15, 0.2) is 24.3 Å². The average molecular weight is 440 g/mol. The molecule has 0 aromatic heterocycles. The fraction of sp³-hybridized carbons (Fsp3) is 0.619. The summed E-state index contributed by atoms with van der Waals surface area (Å²) in [6.45, 7) is 1.86. The number of carbonyl (C=O) groups excluding carboxylic acids is 2. The molecule has 0 spiro atoms. The first-order valence-corrected chi connectivity index (χ1v) is 12.1. The summed E-state index contributed by atoms with van der Waals surface area (Å²) in [6, 6.07) is 7.52. The summed E-state index contributed by atoms with van der Waals surface area (Å²) in [5.41, 5.74) is 6.55. The second-order valence-corrected chi connectivity index (χ2v) is 9.50. The highest BCUT2D eigenvalue weighted by Gasteiger charge is 2.21. The Balaban J connectivity index is 1.88. The fourth-order valence-corrected chi connectivity index (χ4v) is 4.86. The number of nitrogens with one attached hydrogen (secondary N) is 2. The number of rotatable bonds is 11. The molecular formula is C21H33N3O5S. The van der Waals surface area contributed by atoms with Crippen molar-refractivity contribution in [3.05, 3.63) is 35.4 Å². The minimum Gasteiger partial charge on any atom is -0.344 e. The second kappa shape index (κ2) is 12.0. The monoisotopic (exact) mass is 439 g/mol. The zero-order valence-corrected chi connectivity index (χ0v) is 18.4. The molecule has 0 heterocycles. The van der Waals surface area contributed by atoms with Crippen molar-refractivity contribution in [2.45, 2.75) is 63.8 Å². The van der Waals surface area contributed by atoms with Crippen LogP contribution in [0.3, 0.4) is 0 Å². The molecule has 1 amide bonds. The maximum absolute atomic E-state index is 12.3. The van der Waals surface area contributed by atoms with Crippen molar-refractivity contribution in [1.82, 2.24) is 10.6 Å². The zero-order valence-electron chi connectivity index (χ0n) is 17.6. The molecule has 1 fully saturated rings. The number of hydrogen-bond acceptors (Lipinski definition) is 7. The van der Waals surface area contributed by atoms with E-state index >= 15 is 0 Å². The van der Waals surface area contributed by atoms with E-state index in [2.05, 4.69) is 21.7 Å². The molecule has 2 rings (SSSR count). The fourth-order valence-electron chi connectivity index (χ4n) is 3.80. The predicted molar refractivity (Wildman–Crippen MR) is 115 cm³/mol. The molecule has 1 aliphatic rings. The molecule has 8 nitrogen and oxygen atoms in total. The quantitative estimate of drug-likeness (QED) is 0.447. The lowest BCUT2D eigenvalue weighted by Crippen LogP contribution is -2.35. The highest BCUT2D eigenvalue weighted by atomic mass is 32.2. The van der Waals surface area contributed by atoms with Crippen molar-refractivity contribution in [2.75, 3.05) is 13.1 Å². The first kappa shape index (κ1) is 24.3. The highest BCUT2D eigenvalue weighted by Crippen LogP contribution is 2.27. The summed E-state index contributed by atoms with van der Waals surface area (Å²) in [4.78, 5) is 22.8. The van der Waals surface area contributed by atoms with E-state index in [0.717, 1.165) is 17.9 Å². The summed E-state index contributed by atoms with van der Waals surface area (Å²) in [5.74, 6) is -1.27. The van der Waals surface area contributed by atoms with Crippen LogP contribution < -0.4 is 16.4 Å². The largest absolute Gasteiger partial charge is 0.344 e. The summed E-state index contributed by atoms with van der Waals surface area (Å²) in [5, 5.41) is 5.67. The van der Waals surface area contributed by atoms with Gasteiger partial charge in [0, 0.05) is 12.6 Å². The van der Waals surface area contributed by atoms with Crippen molar-refractivity contribution in [2.24, 2.45) is 11.7 Å². The van der Waals surface area contributed by atoms with Gasteiger partial charge in [-0.2, -0.15) is 8.42 Å². The molecule has 4 N–H and O–H groups in total. The van der Waals surface area contributed by atoms with E-state index in [-0.39, 0.29) is 6.54 Å². The molecule has 30 heavy (non-hydrogen) atoms. The normalized spacial score (nSPS) is 16.1. The van der Waals surface area contributed by atoms with Crippen molar-refractivity contribution in [3.63, 3.8) is 0 Å². The van der Waals surface area contributed by atoms with Gasteiger partial charge in [0.15, 0.2) is 0 Å². The standard InChI is InChI=1S/C21H33N3O5S/c1-16(11-17-7-3-2-4-8-17)23-13-18-9-5-6-10-19(18)15-30(27,28)29-21(26)14-24-20(25)12-22/h5-6,9-10,16-17,23H,2-4,7-8,11-15,22H2,1H3,(H,24,25). The van der Waals surface area contributed by atoms with Gasteiger partial charge >= 0.3 is 16.1 Å². The lowest BCUT2D eigenvalue weighted by molar-refractivity contribution is -0.134. The van der Waals surface area contributed by atoms with Gasteiger partial charge in [0.05, 0.1) is 6.54 Å². The Bertz CT molecular complexity index is 807. The minimum absolute atomic E-state index is 0.292. The van der Waals surface area contributed by atoms with E-state index in [1.54, 1.807) is 12.1 Å². The van der Waals surface area contributed by atoms with Gasteiger partial charge in [0.1, 0.15) is 12.3 Å². The molecule has 0 saturated heterocycles. The number of carbonyl (C=O) groups is 2. The van der Waals surface area contributed by atoms with E-state index in [1.807, 2.05) is 12.1 Å². The SMILES string of the molecule is CC(CC1CCCCC1)NCc1ccccc1CS(=O)(=O)OC(=O)CNC(=O)CN. The summed E-state index contributed by atoms with van der Waals surface area (Å²) in [7, 11) is -4.13. The van der Waals surface area contributed by atoms with Crippen LogP contribution >= 0.6 is 0 Å². The smallest absolute Gasteiger partial charge is 0.341 e. The van der Waals surface area contributed by atoms with Crippen molar-refractivity contribution in [3.8, 4) is 0 Å². The molecule has 9 heteroatoms. The van der Waals surface area contributed by atoms with Crippen LogP contribution in [0.2, 0.25) is 0 Å². The second-order valence-electron chi connectivity index (χ2n) is 7.93. The van der Waals surface area contributed by atoms with Crippen molar-refractivity contribution < 1.29 is 22.2 Å². The first-order chi connectivity index (χ1) is 14.3. The van der Waals surface area contributed by atoms with E-state index in [0.29, 0.717) is 18.2 Å². The molecule has 0 bridgehead atoms. The highest BCUT2D eigenvalue weighted by molar-refractivity contribution is 7.86. The van der Waals surface area contributed by atoms with Gasteiger partial charge in [-0.25, -0.2) is 4.79 Å². The van der Waals surface area contributed by atoms with Crippen LogP contribution in [0.25, 0.3) is 0 Å². The summed E-state index contributed by atoms with van der Waals surface area (Å²) >= 11 is 0. The van der Waals surface area contributed by atoms with Gasteiger partial charge in [-0.1, -0.05) is 56.4 Å². The molecule has 1 saturated carbocycles. The number of benzene rings is 1. The Morgan fingerprint density at radius 3 is 2.50 bits per heavy atom. The van der Waals surface area contributed by atoms with Gasteiger partial charge in [0.25, 0.3) is 0 Å². The molecule has 1 aromatic rings. The van der Waals surface area contributed by atoms with Crippen LogP contribution in [0, 0.1) is 5.92 Å². The van der Waals surface area contributed by atoms with Gasteiger partial charge in [0.2, 0.25) is 5.91 Å². The third kappa shape index (κ3) is 8.81. The Kier molecular flexibility index (Phi) is 9.74. The number of nitrogens with two attached hydrogens (primary N) is 1. The summed E-state index contributed by atoms with van der Waals surface area (Å²) < 4.78 is 29.1. The maximum atomic E-state index is 12.3.